The molecule has 1 aliphatic heterocycles. The van der Waals surface area contributed by atoms with Crippen LogP contribution >= 0.6 is 11.8 Å². The quantitative estimate of drug-likeness (QED) is 0.628. The second-order valence-electron chi connectivity index (χ2n) is 4.43. The maximum Gasteiger partial charge on any atom is 0.329 e. The Balaban J connectivity index is 2.20. The molecule has 6 nitrogen and oxygen atoms in total. The molecule has 21 heavy (non-hydrogen) atoms. The molecular weight excluding hydrogens is 294 g/mol. The predicted molar refractivity (Wildman–Crippen MR) is 77.4 cm³/mol. The van der Waals surface area contributed by atoms with Gasteiger partial charge in [-0.1, -0.05) is 0 Å². The number of nitrogens with zero attached hydrogens (tertiary/aromatic N) is 1. The molecule has 0 aliphatic carbocycles. The van der Waals surface area contributed by atoms with Crippen LogP contribution in [-0.2, 0) is 14.3 Å². The summed E-state index contributed by atoms with van der Waals surface area (Å²) in [4.78, 5) is 37.0. The average Bonchev–Trinajstić information content (AvgIpc) is 2.94. The minimum absolute atomic E-state index is 0.195. The van der Waals surface area contributed by atoms with Crippen molar-refractivity contribution in [2.75, 3.05) is 6.61 Å². The lowest BCUT2D eigenvalue weighted by Crippen LogP contribution is -2.42. The van der Waals surface area contributed by atoms with E-state index in [2.05, 4.69) is 0 Å². The summed E-state index contributed by atoms with van der Waals surface area (Å²) in [7, 11) is 0. The summed E-state index contributed by atoms with van der Waals surface area (Å²) in [5, 5.41) is -0.491. The van der Waals surface area contributed by atoms with Gasteiger partial charge in [-0.2, -0.15) is 0 Å². The molecule has 2 heterocycles. The minimum Gasteiger partial charge on any atom is -0.464 e. The molecule has 1 aromatic rings. The summed E-state index contributed by atoms with van der Waals surface area (Å²) in [5.74, 6) is 0.0802. The van der Waals surface area contributed by atoms with Gasteiger partial charge in [-0.25, -0.2) is 4.79 Å². The van der Waals surface area contributed by atoms with Crippen molar-refractivity contribution in [1.82, 2.24) is 4.90 Å². The van der Waals surface area contributed by atoms with E-state index in [0.717, 1.165) is 16.7 Å². The zero-order valence-corrected chi connectivity index (χ0v) is 12.7. The van der Waals surface area contributed by atoms with Gasteiger partial charge >= 0.3 is 5.97 Å². The van der Waals surface area contributed by atoms with E-state index in [1.807, 2.05) is 0 Å². The molecule has 2 rings (SSSR count). The van der Waals surface area contributed by atoms with Crippen molar-refractivity contribution in [3.63, 3.8) is 0 Å². The Bertz CT molecular complexity index is 619. The summed E-state index contributed by atoms with van der Waals surface area (Å²) in [6.45, 7) is 5.11. The van der Waals surface area contributed by atoms with E-state index >= 15 is 0 Å². The van der Waals surface area contributed by atoms with Crippen molar-refractivity contribution >= 4 is 35.0 Å². The van der Waals surface area contributed by atoms with Gasteiger partial charge in [0, 0.05) is 6.08 Å². The number of carbonyl (C=O) groups is 3. The lowest BCUT2D eigenvalue weighted by molar-refractivity contribution is -0.150. The monoisotopic (exact) mass is 309 g/mol. The molecule has 1 fully saturated rings. The van der Waals surface area contributed by atoms with Crippen LogP contribution in [0, 0.1) is 6.92 Å². The Hall–Kier alpha value is -2.02. The fourth-order valence-corrected chi connectivity index (χ4v) is 2.73. The molecule has 0 spiro atoms. The van der Waals surface area contributed by atoms with Crippen LogP contribution in [0.3, 0.4) is 0 Å². The Morgan fingerprint density at radius 2 is 2.19 bits per heavy atom. The van der Waals surface area contributed by atoms with Gasteiger partial charge in [-0.05, 0) is 44.7 Å². The van der Waals surface area contributed by atoms with Crippen molar-refractivity contribution in [2.45, 2.75) is 26.8 Å². The van der Waals surface area contributed by atoms with Crippen LogP contribution in [-0.4, -0.2) is 34.7 Å². The molecule has 0 bridgehead atoms. The molecule has 0 saturated carbocycles. The predicted octanol–water partition coefficient (Wildman–Crippen LogP) is 2.58. The van der Waals surface area contributed by atoms with Crippen molar-refractivity contribution in [3.05, 3.63) is 28.6 Å². The molecule has 1 saturated heterocycles. The van der Waals surface area contributed by atoms with Crippen LogP contribution in [0.2, 0.25) is 0 Å². The summed E-state index contributed by atoms with van der Waals surface area (Å²) in [5.41, 5.74) is 0. The van der Waals surface area contributed by atoms with E-state index in [1.54, 1.807) is 26.0 Å². The first-order chi connectivity index (χ1) is 9.93. The van der Waals surface area contributed by atoms with Gasteiger partial charge in [0.05, 0.1) is 11.5 Å². The number of hydrogen-bond donors (Lipinski definition) is 0. The van der Waals surface area contributed by atoms with Crippen LogP contribution in [0.15, 0.2) is 21.5 Å². The van der Waals surface area contributed by atoms with Gasteiger partial charge in [0.1, 0.15) is 17.6 Å². The zero-order valence-electron chi connectivity index (χ0n) is 11.9. The number of ether oxygens (including phenoxy) is 1. The van der Waals surface area contributed by atoms with E-state index in [1.165, 1.54) is 13.0 Å². The molecule has 0 unspecified atom stereocenters. The van der Waals surface area contributed by atoms with Gasteiger partial charge in [0.25, 0.3) is 11.1 Å². The lowest BCUT2D eigenvalue weighted by atomic mass is 10.3. The largest absolute Gasteiger partial charge is 0.464 e. The lowest BCUT2D eigenvalue weighted by Gasteiger charge is -2.19. The number of rotatable bonds is 4. The minimum atomic E-state index is -0.943. The first kappa shape index (κ1) is 15.4. The summed E-state index contributed by atoms with van der Waals surface area (Å²) in [6, 6.07) is 2.52. The number of thioether (sulfide) groups is 1. The van der Waals surface area contributed by atoms with Gasteiger partial charge in [-0.15, -0.1) is 0 Å². The number of amides is 2. The number of imide groups is 1. The van der Waals surface area contributed by atoms with Crippen LogP contribution in [0.1, 0.15) is 25.4 Å². The fraction of sp³-hybridized carbons (Fsp3) is 0.357. The molecule has 1 aliphatic rings. The topological polar surface area (TPSA) is 76.8 Å². The normalized spacial score (nSPS) is 18.4. The third-order valence-corrected chi connectivity index (χ3v) is 3.76. The van der Waals surface area contributed by atoms with Crippen molar-refractivity contribution in [2.24, 2.45) is 0 Å². The highest BCUT2D eigenvalue weighted by atomic mass is 32.2. The maximum absolute atomic E-state index is 12.2. The Morgan fingerprint density at radius 3 is 2.76 bits per heavy atom. The van der Waals surface area contributed by atoms with Crippen molar-refractivity contribution < 1.29 is 23.5 Å². The molecule has 0 aromatic carbocycles. The van der Waals surface area contributed by atoms with E-state index in [4.69, 9.17) is 9.15 Å². The second kappa shape index (κ2) is 6.17. The Kier molecular flexibility index (Phi) is 4.52. The SMILES string of the molecule is CCOC(=O)[C@H](C)N1C(=O)S/C(=C/c2ccc(C)o2)C1=O. The number of hydrogen-bond acceptors (Lipinski definition) is 6. The number of aryl methyl sites for hydroxylation is 1. The van der Waals surface area contributed by atoms with Crippen molar-refractivity contribution in [3.8, 4) is 0 Å². The molecule has 0 N–H and O–H groups in total. The van der Waals surface area contributed by atoms with Gasteiger partial charge in [0.15, 0.2) is 0 Å². The standard InChI is InChI=1S/C14H15NO5S/c1-4-19-13(17)9(3)15-12(16)11(21-14(15)18)7-10-6-5-8(2)20-10/h5-7,9H,4H2,1-3H3/b11-7+/t9-/m0/s1. The molecule has 2 amide bonds. The smallest absolute Gasteiger partial charge is 0.329 e. The van der Waals surface area contributed by atoms with E-state index < -0.39 is 23.2 Å². The zero-order chi connectivity index (χ0) is 15.6. The molecule has 112 valence electrons. The maximum atomic E-state index is 12.2. The molecular formula is C14H15NO5S. The second-order valence-corrected chi connectivity index (χ2v) is 5.42. The van der Waals surface area contributed by atoms with E-state index in [0.29, 0.717) is 11.5 Å². The Labute approximate surface area is 126 Å². The van der Waals surface area contributed by atoms with Crippen LogP contribution in [0.4, 0.5) is 4.79 Å². The highest BCUT2D eigenvalue weighted by molar-refractivity contribution is 8.18. The first-order valence-corrected chi connectivity index (χ1v) is 7.25. The molecule has 7 heteroatoms. The summed E-state index contributed by atoms with van der Waals surface area (Å²) < 4.78 is 10.2. The Morgan fingerprint density at radius 1 is 1.48 bits per heavy atom. The van der Waals surface area contributed by atoms with E-state index in [-0.39, 0.29) is 11.5 Å². The molecule has 1 aromatic heterocycles. The van der Waals surface area contributed by atoms with Crippen LogP contribution in [0.25, 0.3) is 6.08 Å². The van der Waals surface area contributed by atoms with E-state index in [9.17, 15) is 14.4 Å². The van der Waals surface area contributed by atoms with Crippen LogP contribution < -0.4 is 0 Å². The van der Waals surface area contributed by atoms with Crippen LogP contribution in [0.5, 0.6) is 0 Å². The molecule has 1 atom stereocenters. The number of esters is 1. The highest BCUT2D eigenvalue weighted by Gasteiger charge is 2.41. The fourth-order valence-electron chi connectivity index (χ4n) is 1.84. The first-order valence-electron chi connectivity index (χ1n) is 6.44. The third kappa shape index (κ3) is 3.18. The number of furan rings is 1. The average molecular weight is 309 g/mol. The summed E-state index contributed by atoms with van der Waals surface area (Å²) in [6.07, 6.45) is 1.50. The number of carbonyl (C=O) groups excluding carboxylic acids is 3. The van der Waals surface area contributed by atoms with Gasteiger partial charge in [-0.3, -0.25) is 14.5 Å². The highest BCUT2D eigenvalue weighted by Crippen LogP contribution is 2.34. The third-order valence-electron chi connectivity index (χ3n) is 2.87. The van der Waals surface area contributed by atoms with Gasteiger partial charge in [0.2, 0.25) is 0 Å². The van der Waals surface area contributed by atoms with Crippen molar-refractivity contribution in [1.29, 1.82) is 0 Å². The molecule has 0 radical (unpaired) electrons. The summed E-state index contributed by atoms with van der Waals surface area (Å²) >= 11 is 0.780. The van der Waals surface area contributed by atoms with Gasteiger partial charge < -0.3 is 9.15 Å².